The molecule has 0 amide bonds. The second-order valence-electron chi connectivity index (χ2n) is 24.7. The fourth-order valence-corrected chi connectivity index (χ4v) is 10.3. The number of rotatable bonds is 2. The Morgan fingerprint density at radius 1 is 0.306 bits per heavy atom. The van der Waals surface area contributed by atoms with Crippen molar-refractivity contribution < 1.29 is 0 Å². The van der Waals surface area contributed by atoms with E-state index in [4.69, 9.17) is 23.2 Å². The molecule has 0 atom stereocenters. The Kier molecular flexibility index (Phi) is 11.6. The van der Waals surface area contributed by atoms with Crippen LogP contribution in [0.15, 0.2) is 72.8 Å². The summed E-state index contributed by atoms with van der Waals surface area (Å²) in [4.78, 5) is 0. The van der Waals surface area contributed by atoms with Crippen molar-refractivity contribution in [3.05, 3.63) is 138 Å². The van der Waals surface area contributed by atoms with E-state index in [0.29, 0.717) is 0 Å². The molecule has 0 aliphatic carbocycles. The van der Waals surface area contributed by atoms with Crippen LogP contribution in [-0.4, -0.2) is 13.4 Å². The standard InChI is InChI=1S/C58H70B2Cl2/c1-53(2,3)39-28-43(55(7,8)9)51(44(29-39)56(10,11)12)59-47-32-41(61)25-23-35(47)19-21-37-27-38-22-20-36-24-26-42(62)33-48(36)60(50(38)34-49(37)59)52-45(57(13,14)15)30-40(54(4,5)6)31-46(52)58(16,17)18/h19-34H,1-18H3. The highest BCUT2D eigenvalue weighted by molar-refractivity contribution is 7.00. The van der Waals surface area contributed by atoms with Gasteiger partial charge in [0.2, 0.25) is 13.4 Å². The lowest BCUT2D eigenvalue weighted by Crippen LogP contribution is -2.61. The minimum absolute atomic E-state index is 0.0216. The van der Waals surface area contributed by atoms with Crippen LogP contribution in [0.3, 0.4) is 0 Å². The first-order valence-electron chi connectivity index (χ1n) is 22.9. The van der Waals surface area contributed by atoms with Crippen molar-refractivity contribution in [2.45, 2.75) is 157 Å². The predicted molar refractivity (Wildman–Crippen MR) is 282 cm³/mol. The number of benzene rings is 5. The first kappa shape index (κ1) is 46.3. The van der Waals surface area contributed by atoms with Gasteiger partial charge in [-0.05, 0) is 118 Å². The zero-order valence-electron chi connectivity index (χ0n) is 41.1. The van der Waals surface area contributed by atoms with Crippen molar-refractivity contribution >= 4 is 93.7 Å². The third-order valence-electron chi connectivity index (χ3n) is 13.4. The maximum atomic E-state index is 7.08. The number of hydrogen-bond donors (Lipinski definition) is 0. The molecule has 0 unspecified atom stereocenters. The fourth-order valence-electron chi connectivity index (χ4n) is 9.94. The normalized spacial score (nSPS) is 14.6. The summed E-state index contributed by atoms with van der Waals surface area (Å²) in [6, 6.07) is 28.2. The molecule has 62 heavy (non-hydrogen) atoms. The van der Waals surface area contributed by atoms with Crippen molar-refractivity contribution in [1.82, 2.24) is 0 Å². The first-order chi connectivity index (χ1) is 28.4. The summed E-state index contributed by atoms with van der Waals surface area (Å²) >= 11 is 14.2. The van der Waals surface area contributed by atoms with Crippen molar-refractivity contribution in [1.29, 1.82) is 0 Å². The van der Waals surface area contributed by atoms with Gasteiger partial charge in [-0.25, -0.2) is 0 Å². The van der Waals surface area contributed by atoms with E-state index >= 15 is 0 Å². The second-order valence-corrected chi connectivity index (χ2v) is 25.5. The molecule has 322 valence electrons. The van der Waals surface area contributed by atoms with Crippen LogP contribution in [0.1, 0.15) is 180 Å². The maximum absolute atomic E-state index is 7.08. The smallest absolute Gasteiger partial charge is 0.0844 e. The van der Waals surface area contributed by atoms with Gasteiger partial charge in [0.1, 0.15) is 0 Å². The van der Waals surface area contributed by atoms with E-state index in [1.807, 2.05) is 12.1 Å². The van der Waals surface area contributed by atoms with E-state index in [-0.39, 0.29) is 45.9 Å². The summed E-state index contributed by atoms with van der Waals surface area (Å²) < 4.78 is 0. The Hall–Kier alpha value is -3.71. The summed E-state index contributed by atoms with van der Waals surface area (Å²) in [5.74, 6) is 0. The molecule has 0 bridgehead atoms. The predicted octanol–water partition coefficient (Wildman–Crippen LogP) is 12.8. The third kappa shape index (κ3) is 8.74. The molecule has 5 aromatic rings. The summed E-state index contributed by atoms with van der Waals surface area (Å²) in [6.07, 6.45) is 9.36. The Balaban J connectivity index is 1.70. The van der Waals surface area contributed by atoms with E-state index in [0.717, 1.165) is 10.0 Å². The van der Waals surface area contributed by atoms with E-state index in [2.05, 4.69) is 210 Å². The van der Waals surface area contributed by atoms with Crippen molar-refractivity contribution in [3.8, 4) is 0 Å². The van der Waals surface area contributed by atoms with E-state index < -0.39 is 0 Å². The largest absolute Gasteiger partial charge is 0.243 e. The monoisotopic (exact) mass is 859 g/mol. The van der Waals surface area contributed by atoms with E-state index in [9.17, 15) is 0 Å². The average Bonchev–Trinajstić information content (AvgIpc) is 3.37. The van der Waals surface area contributed by atoms with Gasteiger partial charge >= 0.3 is 0 Å². The highest BCUT2D eigenvalue weighted by Crippen LogP contribution is 2.37. The van der Waals surface area contributed by atoms with Crippen molar-refractivity contribution in [3.63, 3.8) is 0 Å². The molecule has 0 N–H and O–H groups in total. The molecule has 2 aliphatic rings. The molecule has 0 aromatic heterocycles. The quantitative estimate of drug-likeness (QED) is 0.152. The van der Waals surface area contributed by atoms with E-state index in [1.54, 1.807) is 0 Å². The van der Waals surface area contributed by atoms with Crippen LogP contribution in [0, 0.1) is 0 Å². The van der Waals surface area contributed by atoms with Gasteiger partial charge in [-0.15, -0.1) is 0 Å². The van der Waals surface area contributed by atoms with Gasteiger partial charge < -0.3 is 0 Å². The number of hydrogen-bond acceptors (Lipinski definition) is 0. The molecule has 2 heterocycles. The molecule has 0 fully saturated rings. The topological polar surface area (TPSA) is 0 Å². The lowest BCUT2D eigenvalue weighted by Gasteiger charge is -2.37. The van der Waals surface area contributed by atoms with Crippen molar-refractivity contribution in [2.24, 2.45) is 0 Å². The van der Waals surface area contributed by atoms with Crippen molar-refractivity contribution in [2.75, 3.05) is 0 Å². The molecule has 0 radical (unpaired) electrons. The molecule has 2 aliphatic heterocycles. The van der Waals surface area contributed by atoms with Gasteiger partial charge in [0, 0.05) is 10.0 Å². The van der Waals surface area contributed by atoms with Gasteiger partial charge in [-0.2, -0.15) is 0 Å². The van der Waals surface area contributed by atoms with Gasteiger partial charge in [0.15, 0.2) is 0 Å². The van der Waals surface area contributed by atoms with Crippen LogP contribution < -0.4 is 32.8 Å². The Labute approximate surface area is 387 Å². The highest BCUT2D eigenvalue weighted by atomic mass is 35.5. The number of fused-ring (bicyclic) bond motifs is 4. The average molecular weight is 860 g/mol. The SMILES string of the molecule is CC(C)(C)c1cc(C(C)(C)C)c(B2c3cc(Cl)ccc3C=Cc3cc4c(cc32)B(c2c(C(C)(C)C)cc(C(C)(C)C)cc2C(C)(C)C)c2cc(Cl)ccc2C=C4)c(C(C)(C)C)c1. The molecular weight excluding hydrogens is 789 g/mol. The van der Waals surface area contributed by atoms with E-state index in [1.165, 1.54) is 88.4 Å². The Morgan fingerprint density at radius 3 is 0.855 bits per heavy atom. The zero-order chi connectivity index (χ0) is 45.9. The number of halogens is 2. The molecule has 5 aromatic carbocycles. The minimum Gasteiger partial charge on any atom is -0.0844 e. The van der Waals surface area contributed by atoms with Crippen LogP contribution in [0.2, 0.25) is 10.0 Å². The first-order valence-corrected chi connectivity index (χ1v) is 23.6. The van der Waals surface area contributed by atoms with Gasteiger partial charge in [0.05, 0.1) is 0 Å². The van der Waals surface area contributed by atoms with Gasteiger partial charge in [-0.3, -0.25) is 0 Å². The van der Waals surface area contributed by atoms with Gasteiger partial charge in [0.25, 0.3) is 0 Å². The van der Waals surface area contributed by atoms with Crippen LogP contribution in [0.25, 0.3) is 24.3 Å². The van der Waals surface area contributed by atoms with Crippen LogP contribution in [-0.2, 0) is 32.5 Å². The van der Waals surface area contributed by atoms with Crippen LogP contribution in [0.5, 0.6) is 0 Å². The van der Waals surface area contributed by atoms with Crippen LogP contribution >= 0.6 is 23.2 Å². The summed E-state index contributed by atoms with van der Waals surface area (Å²) in [5, 5.41) is 1.52. The highest BCUT2D eigenvalue weighted by Gasteiger charge is 2.42. The lowest BCUT2D eigenvalue weighted by molar-refractivity contribution is 0.552. The molecule has 7 rings (SSSR count). The molecule has 0 saturated heterocycles. The zero-order valence-corrected chi connectivity index (χ0v) is 42.7. The van der Waals surface area contributed by atoms with Gasteiger partial charge in [-0.1, -0.05) is 247 Å². The summed E-state index contributed by atoms with van der Waals surface area (Å²) in [7, 11) is 0. The molecule has 0 nitrogen and oxygen atoms in total. The Bertz CT molecular complexity index is 2400. The fraction of sp³-hybridized carbons (Fsp3) is 0.414. The molecule has 4 heteroatoms. The molecule has 0 saturated carbocycles. The Morgan fingerprint density at radius 2 is 0.581 bits per heavy atom. The second kappa shape index (κ2) is 15.5. The van der Waals surface area contributed by atoms with Crippen LogP contribution in [0.4, 0.5) is 0 Å². The summed E-state index contributed by atoms with van der Waals surface area (Å²) in [6.45, 7) is 42.6. The lowest BCUT2D eigenvalue weighted by atomic mass is 9.30. The minimum atomic E-state index is -0.139. The third-order valence-corrected chi connectivity index (χ3v) is 13.9. The molecular formula is C58H70B2Cl2. The molecule has 0 spiro atoms. The maximum Gasteiger partial charge on any atom is 0.243 e. The summed E-state index contributed by atoms with van der Waals surface area (Å²) in [5.41, 5.74) is 20.5.